The van der Waals surface area contributed by atoms with Crippen molar-refractivity contribution in [2.45, 2.75) is 39.5 Å². The lowest BCUT2D eigenvalue weighted by atomic mass is 10.2. The summed E-state index contributed by atoms with van der Waals surface area (Å²) in [6.45, 7) is 5.33. The number of rotatable bonds is 8. The maximum absolute atomic E-state index is 11.1. The van der Waals surface area contributed by atoms with E-state index in [-0.39, 0.29) is 5.91 Å². The molecule has 0 aromatic carbocycles. The SMILES string of the molecule is CC(C)CONC(=O)CCCCCN. The van der Waals surface area contributed by atoms with Gasteiger partial charge in [0, 0.05) is 6.42 Å². The number of hydroxylamine groups is 1. The molecule has 14 heavy (non-hydrogen) atoms. The summed E-state index contributed by atoms with van der Waals surface area (Å²) in [6, 6.07) is 0. The number of unbranched alkanes of at least 4 members (excludes halogenated alkanes) is 2. The fourth-order valence-electron chi connectivity index (χ4n) is 0.947. The predicted octanol–water partition coefficient (Wildman–Crippen LogP) is 1.21. The monoisotopic (exact) mass is 202 g/mol. The molecular formula is C10H22N2O2. The topological polar surface area (TPSA) is 64.3 Å². The highest BCUT2D eigenvalue weighted by atomic mass is 16.6. The van der Waals surface area contributed by atoms with Gasteiger partial charge in [0.1, 0.15) is 0 Å². The van der Waals surface area contributed by atoms with E-state index in [1.54, 1.807) is 0 Å². The van der Waals surface area contributed by atoms with E-state index in [4.69, 9.17) is 10.6 Å². The third-order valence-electron chi connectivity index (χ3n) is 1.71. The van der Waals surface area contributed by atoms with Crippen molar-refractivity contribution in [3.63, 3.8) is 0 Å². The zero-order valence-corrected chi connectivity index (χ0v) is 9.21. The Bertz CT molecular complexity index is 149. The Morgan fingerprint density at radius 1 is 1.36 bits per heavy atom. The highest BCUT2D eigenvalue weighted by molar-refractivity contribution is 5.74. The van der Waals surface area contributed by atoms with Gasteiger partial charge >= 0.3 is 0 Å². The Balaban J connectivity index is 3.20. The van der Waals surface area contributed by atoms with E-state index in [9.17, 15) is 4.79 Å². The molecule has 0 spiro atoms. The first kappa shape index (κ1) is 13.4. The molecule has 4 nitrogen and oxygen atoms in total. The smallest absolute Gasteiger partial charge is 0.243 e. The second kappa shape index (κ2) is 8.97. The molecule has 0 aromatic rings. The van der Waals surface area contributed by atoms with Crippen molar-refractivity contribution in [2.24, 2.45) is 11.7 Å². The molecule has 3 N–H and O–H groups in total. The minimum Gasteiger partial charge on any atom is -0.330 e. The minimum atomic E-state index is -0.0392. The number of hydrogen-bond donors (Lipinski definition) is 2. The molecule has 1 amide bonds. The van der Waals surface area contributed by atoms with Crippen LogP contribution in [0.4, 0.5) is 0 Å². The quantitative estimate of drug-likeness (QED) is 0.459. The van der Waals surface area contributed by atoms with Crippen molar-refractivity contribution in [3.05, 3.63) is 0 Å². The summed E-state index contributed by atoms with van der Waals surface area (Å²) in [5.41, 5.74) is 7.75. The second-order valence-electron chi connectivity index (χ2n) is 3.83. The standard InChI is InChI=1S/C10H22N2O2/c1-9(2)8-14-12-10(13)6-4-3-5-7-11/h9H,3-8,11H2,1-2H3,(H,12,13). The predicted molar refractivity (Wildman–Crippen MR) is 56.5 cm³/mol. The van der Waals surface area contributed by atoms with E-state index in [1.807, 2.05) is 13.8 Å². The van der Waals surface area contributed by atoms with Crippen LogP contribution in [-0.4, -0.2) is 19.1 Å². The van der Waals surface area contributed by atoms with Crippen LogP contribution in [0.3, 0.4) is 0 Å². The van der Waals surface area contributed by atoms with Crippen LogP contribution < -0.4 is 11.2 Å². The maximum atomic E-state index is 11.1. The first-order valence-electron chi connectivity index (χ1n) is 5.27. The van der Waals surface area contributed by atoms with E-state index in [0.29, 0.717) is 25.5 Å². The van der Waals surface area contributed by atoms with Crippen LogP contribution in [0.2, 0.25) is 0 Å². The highest BCUT2D eigenvalue weighted by Crippen LogP contribution is 1.98. The van der Waals surface area contributed by atoms with Gasteiger partial charge in [-0.15, -0.1) is 0 Å². The van der Waals surface area contributed by atoms with Gasteiger partial charge in [-0.2, -0.15) is 0 Å². The highest BCUT2D eigenvalue weighted by Gasteiger charge is 2.01. The number of carbonyl (C=O) groups is 1. The number of nitrogens with one attached hydrogen (secondary N) is 1. The van der Waals surface area contributed by atoms with Gasteiger partial charge in [-0.1, -0.05) is 20.3 Å². The lowest BCUT2D eigenvalue weighted by Crippen LogP contribution is -2.25. The zero-order valence-electron chi connectivity index (χ0n) is 9.21. The molecule has 0 aliphatic carbocycles. The molecule has 0 fully saturated rings. The lowest BCUT2D eigenvalue weighted by molar-refractivity contribution is -0.134. The molecular weight excluding hydrogens is 180 g/mol. The number of hydrogen-bond acceptors (Lipinski definition) is 3. The molecule has 0 aliphatic heterocycles. The minimum absolute atomic E-state index is 0.0392. The number of carbonyl (C=O) groups excluding carboxylic acids is 1. The van der Waals surface area contributed by atoms with Gasteiger partial charge < -0.3 is 5.73 Å². The van der Waals surface area contributed by atoms with Crippen LogP contribution >= 0.6 is 0 Å². The molecule has 0 atom stereocenters. The summed E-state index contributed by atoms with van der Waals surface area (Å²) in [7, 11) is 0. The molecule has 0 unspecified atom stereocenters. The van der Waals surface area contributed by atoms with Crippen molar-refractivity contribution in [3.8, 4) is 0 Å². The average molecular weight is 202 g/mol. The van der Waals surface area contributed by atoms with Crippen molar-refractivity contribution in [2.75, 3.05) is 13.2 Å². The largest absolute Gasteiger partial charge is 0.330 e. The van der Waals surface area contributed by atoms with E-state index < -0.39 is 0 Å². The van der Waals surface area contributed by atoms with E-state index in [2.05, 4.69) is 5.48 Å². The van der Waals surface area contributed by atoms with Crippen LogP contribution in [0, 0.1) is 5.92 Å². The summed E-state index contributed by atoms with van der Waals surface area (Å²) in [4.78, 5) is 16.1. The second-order valence-corrected chi connectivity index (χ2v) is 3.83. The molecule has 4 heteroatoms. The third-order valence-corrected chi connectivity index (χ3v) is 1.71. The number of nitrogens with two attached hydrogens (primary N) is 1. The fraction of sp³-hybridized carbons (Fsp3) is 0.900. The van der Waals surface area contributed by atoms with E-state index >= 15 is 0 Å². The normalized spacial score (nSPS) is 10.6. The van der Waals surface area contributed by atoms with Crippen molar-refractivity contribution >= 4 is 5.91 Å². The van der Waals surface area contributed by atoms with Crippen LogP contribution in [0.1, 0.15) is 39.5 Å². The Labute approximate surface area is 86.1 Å². The van der Waals surface area contributed by atoms with Crippen molar-refractivity contribution in [1.29, 1.82) is 0 Å². The molecule has 0 aromatic heterocycles. The molecule has 0 heterocycles. The molecule has 0 aliphatic rings. The maximum Gasteiger partial charge on any atom is 0.243 e. The van der Waals surface area contributed by atoms with Crippen LogP contribution in [0.15, 0.2) is 0 Å². The molecule has 0 saturated heterocycles. The zero-order chi connectivity index (χ0) is 10.8. The Kier molecular flexibility index (Phi) is 8.57. The number of amides is 1. The van der Waals surface area contributed by atoms with Crippen LogP contribution in [0.25, 0.3) is 0 Å². The summed E-state index contributed by atoms with van der Waals surface area (Å²) in [5.74, 6) is 0.398. The molecule has 0 bridgehead atoms. The Morgan fingerprint density at radius 3 is 2.64 bits per heavy atom. The summed E-state index contributed by atoms with van der Waals surface area (Å²) in [6.07, 6.45) is 3.40. The van der Waals surface area contributed by atoms with Gasteiger partial charge in [0.2, 0.25) is 5.91 Å². The van der Waals surface area contributed by atoms with Crippen LogP contribution in [0.5, 0.6) is 0 Å². The van der Waals surface area contributed by atoms with E-state index in [0.717, 1.165) is 19.3 Å². The average Bonchev–Trinajstić information content (AvgIpc) is 2.12. The van der Waals surface area contributed by atoms with Gasteiger partial charge in [0.25, 0.3) is 0 Å². The molecule has 0 radical (unpaired) electrons. The fourth-order valence-corrected chi connectivity index (χ4v) is 0.947. The summed E-state index contributed by atoms with van der Waals surface area (Å²) >= 11 is 0. The Hall–Kier alpha value is -0.610. The van der Waals surface area contributed by atoms with Gasteiger partial charge in [0.05, 0.1) is 6.61 Å². The van der Waals surface area contributed by atoms with Gasteiger partial charge in [0.15, 0.2) is 0 Å². The molecule has 0 saturated carbocycles. The first-order chi connectivity index (χ1) is 6.66. The Morgan fingerprint density at radius 2 is 2.07 bits per heavy atom. The van der Waals surface area contributed by atoms with Crippen LogP contribution in [-0.2, 0) is 9.63 Å². The molecule has 84 valence electrons. The van der Waals surface area contributed by atoms with E-state index in [1.165, 1.54) is 0 Å². The summed E-state index contributed by atoms with van der Waals surface area (Å²) in [5, 5.41) is 0. The first-order valence-corrected chi connectivity index (χ1v) is 5.27. The van der Waals surface area contributed by atoms with Crippen molar-refractivity contribution in [1.82, 2.24) is 5.48 Å². The third kappa shape index (κ3) is 9.48. The summed E-state index contributed by atoms with van der Waals surface area (Å²) < 4.78 is 0. The lowest BCUT2D eigenvalue weighted by Gasteiger charge is -2.07. The van der Waals surface area contributed by atoms with Gasteiger partial charge in [-0.25, -0.2) is 5.48 Å². The van der Waals surface area contributed by atoms with Gasteiger partial charge in [-0.05, 0) is 25.3 Å². The van der Waals surface area contributed by atoms with Crippen molar-refractivity contribution < 1.29 is 9.63 Å². The van der Waals surface area contributed by atoms with Gasteiger partial charge in [-0.3, -0.25) is 9.63 Å². The molecule has 0 rings (SSSR count).